The van der Waals surface area contributed by atoms with E-state index in [2.05, 4.69) is 15.5 Å². The summed E-state index contributed by atoms with van der Waals surface area (Å²) in [6.07, 6.45) is 3.38. The number of pyridine rings is 1. The van der Waals surface area contributed by atoms with Crippen LogP contribution in [0.4, 0.5) is 5.13 Å². The first-order valence-corrected chi connectivity index (χ1v) is 18.1. The van der Waals surface area contributed by atoms with Crippen LogP contribution in [-0.2, 0) is 37.6 Å². The van der Waals surface area contributed by atoms with Crippen molar-refractivity contribution in [1.82, 2.24) is 19.8 Å². The molecule has 0 saturated carbocycles. The van der Waals surface area contributed by atoms with Gasteiger partial charge in [0.05, 0.1) is 35.5 Å². The Morgan fingerprint density at radius 1 is 1.17 bits per heavy atom. The number of nitrogens with one attached hydrogen (secondary N) is 1. The number of aromatic nitrogens is 2. The molecule has 0 radical (unpaired) electrons. The van der Waals surface area contributed by atoms with Crippen LogP contribution in [-0.4, -0.2) is 106 Å². The van der Waals surface area contributed by atoms with Gasteiger partial charge in [0.1, 0.15) is 35.9 Å². The maximum atomic E-state index is 13.7. The molecule has 0 unspecified atom stereocenters. The van der Waals surface area contributed by atoms with Crippen molar-refractivity contribution < 1.29 is 78.5 Å². The predicted octanol–water partition coefficient (Wildman–Crippen LogP) is -2.82. The van der Waals surface area contributed by atoms with Crippen LogP contribution in [0.25, 0.3) is 10.9 Å². The van der Waals surface area contributed by atoms with Crippen molar-refractivity contribution in [3.05, 3.63) is 56.5 Å². The van der Waals surface area contributed by atoms with Crippen molar-refractivity contribution in [3.63, 3.8) is 0 Å². The van der Waals surface area contributed by atoms with E-state index >= 15 is 0 Å². The van der Waals surface area contributed by atoms with Gasteiger partial charge in [-0.3, -0.25) is 19.3 Å². The van der Waals surface area contributed by atoms with E-state index in [0.29, 0.717) is 34.2 Å². The first-order chi connectivity index (χ1) is 24.4. The van der Waals surface area contributed by atoms with E-state index in [4.69, 9.17) is 10.6 Å². The third-order valence-corrected chi connectivity index (χ3v) is 11.8. The van der Waals surface area contributed by atoms with E-state index in [1.165, 1.54) is 43.1 Å². The van der Waals surface area contributed by atoms with Crippen molar-refractivity contribution in [2.24, 2.45) is 12.2 Å². The maximum Gasteiger partial charge on any atom is 1.00 e. The summed E-state index contributed by atoms with van der Waals surface area (Å²) in [6, 6.07) is 1.41. The van der Waals surface area contributed by atoms with E-state index in [-0.39, 0.29) is 75.7 Å². The molecule has 1 aromatic carbocycles. The number of thioether (sulfide) groups is 1. The van der Waals surface area contributed by atoms with Crippen molar-refractivity contribution in [1.29, 1.82) is 0 Å². The van der Waals surface area contributed by atoms with E-state index in [1.807, 2.05) is 6.92 Å². The molecule has 3 aromatic rings. The molecule has 2 fully saturated rings. The molecular formula is C33H37N7NaO10S2+. The number of aromatic hydroxyl groups is 2. The molecule has 6 rings (SSSR count). The predicted molar refractivity (Wildman–Crippen MR) is 188 cm³/mol. The molecule has 276 valence electrons. The Hall–Kier alpha value is -4.14. The Morgan fingerprint density at radius 3 is 2.43 bits per heavy atom. The smallest absolute Gasteiger partial charge is 0.546 e. The fourth-order valence-electron chi connectivity index (χ4n) is 6.85. The number of carbonyl (C=O) groups excluding carboxylic acids is 3. The molecule has 2 aromatic heterocycles. The molecule has 3 aliphatic heterocycles. The number of hydrogen-bond acceptors (Lipinski definition) is 14. The van der Waals surface area contributed by atoms with Gasteiger partial charge >= 0.3 is 35.5 Å². The average Bonchev–Trinajstić information content (AvgIpc) is 3.72. The standard InChI is InChI=1S/C33H37N7O10S2.Na/c1-15-18(13-40(7-5-6-8-40)12-16-11-38(4)20-10-22(42)21(41)9-17(20)26(16)43)25(30(46)47)39-28(45)24(29(39)52-15)36-27(44)23(19-14-51-32(34)35-19)37-50-33(2,3)31(48)49;/h9-11,14-15,24,29H,5-8,12-13H2,1-4H3,(H6-,34,35,36,37,41,42,43,44,46,47,48,49);/q;+1/t15-,24+,29+;/m0./s1. The van der Waals surface area contributed by atoms with E-state index in [9.17, 15) is 44.4 Å². The number of phenols is 2. The van der Waals surface area contributed by atoms with E-state index in [0.717, 1.165) is 29.1 Å². The van der Waals surface area contributed by atoms with Crippen molar-refractivity contribution >= 4 is 68.6 Å². The van der Waals surface area contributed by atoms with Gasteiger partial charge in [-0.2, -0.15) is 0 Å². The van der Waals surface area contributed by atoms with Gasteiger partial charge in [-0.1, -0.05) is 5.16 Å². The number of aryl methyl sites for hydroxylation is 1. The zero-order valence-corrected chi connectivity index (χ0v) is 33.2. The number of amides is 2. The Labute approximate surface area is 333 Å². The molecule has 0 aliphatic carbocycles. The van der Waals surface area contributed by atoms with Crippen LogP contribution in [0.15, 0.2) is 44.9 Å². The van der Waals surface area contributed by atoms with Crippen LogP contribution in [0.2, 0.25) is 0 Å². The van der Waals surface area contributed by atoms with E-state index < -0.39 is 57.5 Å². The fourth-order valence-corrected chi connectivity index (χ4v) is 8.84. The molecule has 2 saturated heterocycles. The SMILES string of the molecule is C[C@@H]1S[C@@H]2[C@H](NC(=O)/C(=N\OC(C)(C)C(=O)[O-])c3csc(N)n3)C(=O)N2C(C(=O)O)=C1C[N+]1(Cc2cn(C)c3cc(O)c(O)cc3c2=O)CCCC1.[Na+]. The number of hydrogen-bond donors (Lipinski definition) is 5. The Bertz CT molecular complexity index is 2140. The summed E-state index contributed by atoms with van der Waals surface area (Å²) < 4.78 is 2.07. The number of carbonyl (C=O) groups is 4. The average molecular weight is 779 g/mol. The van der Waals surface area contributed by atoms with Crippen LogP contribution >= 0.6 is 23.1 Å². The molecule has 3 atom stereocenters. The molecule has 20 heteroatoms. The quantitative estimate of drug-likeness (QED) is 0.0330. The number of thiazole rings is 1. The van der Waals surface area contributed by atoms with Gasteiger partial charge in [-0.25, -0.2) is 9.78 Å². The second-order valence-corrected chi connectivity index (χ2v) is 16.0. The zero-order chi connectivity index (χ0) is 37.9. The minimum absolute atomic E-state index is 0. The minimum Gasteiger partial charge on any atom is -0.546 e. The second kappa shape index (κ2) is 14.9. The summed E-state index contributed by atoms with van der Waals surface area (Å²) in [4.78, 5) is 75.5. The Morgan fingerprint density at radius 2 is 1.83 bits per heavy atom. The van der Waals surface area contributed by atoms with Crippen molar-refractivity contribution in [2.45, 2.75) is 62.4 Å². The number of rotatable bonds is 11. The monoisotopic (exact) mass is 778 g/mol. The van der Waals surface area contributed by atoms with Crippen LogP contribution in [0, 0.1) is 0 Å². The van der Waals surface area contributed by atoms with Gasteiger partial charge in [0.15, 0.2) is 33.4 Å². The van der Waals surface area contributed by atoms with Crippen LogP contribution in [0.1, 0.15) is 44.9 Å². The van der Waals surface area contributed by atoms with Gasteiger partial charge in [-0.15, -0.1) is 23.1 Å². The van der Waals surface area contributed by atoms with Gasteiger partial charge in [0, 0.05) is 48.4 Å². The van der Waals surface area contributed by atoms with Crippen molar-refractivity contribution in [3.8, 4) is 11.5 Å². The van der Waals surface area contributed by atoms with Crippen molar-refractivity contribution in [2.75, 3.05) is 25.4 Å². The number of anilines is 1. The number of nitrogens with zero attached hydrogens (tertiary/aromatic N) is 5. The number of phenolic OH excluding ortho intramolecular Hbond substituents is 2. The number of carboxylic acid groups (broad SMARTS) is 2. The van der Waals surface area contributed by atoms with Gasteiger partial charge < -0.3 is 50.2 Å². The minimum atomic E-state index is -1.91. The number of benzene rings is 1. The van der Waals surface area contributed by atoms with Gasteiger partial charge in [0.25, 0.3) is 11.8 Å². The summed E-state index contributed by atoms with van der Waals surface area (Å²) in [5.74, 6) is -5.24. The van der Waals surface area contributed by atoms with Gasteiger partial charge in [-0.05, 0) is 26.8 Å². The molecule has 3 aliphatic rings. The number of likely N-dealkylation sites (tertiary alicyclic amines) is 1. The number of aliphatic carboxylic acids is 2. The fraction of sp³-hybridized carbons (Fsp3) is 0.424. The Balaban J connectivity index is 0.00000541. The summed E-state index contributed by atoms with van der Waals surface area (Å²) in [7, 11) is 1.73. The number of carboxylic acids is 2. The third-order valence-electron chi connectivity index (χ3n) is 9.63. The molecule has 6 N–H and O–H groups in total. The summed E-state index contributed by atoms with van der Waals surface area (Å²) >= 11 is 2.30. The van der Waals surface area contributed by atoms with Crippen LogP contribution < -0.4 is 51.1 Å². The maximum absolute atomic E-state index is 13.7. The normalized spacial score (nSPS) is 21.1. The molecule has 5 heterocycles. The second-order valence-electron chi connectivity index (χ2n) is 13.7. The number of nitrogens with two attached hydrogens (primary N) is 1. The molecule has 2 amide bonds. The zero-order valence-electron chi connectivity index (χ0n) is 29.6. The molecule has 17 nitrogen and oxygen atoms in total. The molecule has 0 bridgehead atoms. The summed E-state index contributed by atoms with van der Waals surface area (Å²) in [5, 5.41) is 49.0. The number of nitrogen functional groups attached to an aromatic ring is 1. The molecule has 0 spiro atoms. The van der Waals surface area contributed by atoms with E-state index in [1.54, 1.807) is 17.8 Å². The Kier molecular flexibility index (Phi) is 11.3. The number of fused-ring (bicyclic) bond motifs is 2. The van der Waals surface area contributed by atoms with Crippen LogP contribution in [0.3, 0.4) is 0 Å². The first kappa shape index (κ1) is 40.1. The van der Waals surface area contributed by atoms with Gasteiger partial charge in [0.2, 0.25) is 0 Å². The van der Waals surface area contributed by atoms with Crippen LogP contribution in [0.5, 0.6) is 11.5 Å². The largest absolute Gasteiger partial charge is 1.00 e. The topological polar surface area (TPSA) is 250 Å². The molecule has 53 heavy (non-hydrogen) atoms. The summed E-state index contributed by atoms with van der Waals surface area (Å²) in [5.41, 5.74) is 4.31. The number of oxime groups is 1. The number of β-lactam (4-membered cyclic amide) rings is 1. The summed E-state index contributed by atoms with van der Waals surface area (Å²) in [6.45, 7) is 6.02. The number of quaternary nitrogens is 1. The first-order valence-electron chi connectivity index (χ1n) is 16.3. The molecular weight excluding hydrogens is 742 g/mol. The third kappa shape index (κ3) is 7.50.